The van der Waals surface area contributed by atoms with Gasteiger partial charge in [-0.15, -0.1) is 0 Å². The number of hydrogen-bond acceptors (Lipinski definition) is 4. The number of allylic oxidation sites excluding steroid dienone is 1. The van der Waals surface area contributed by atoms with Gasteiger partial charge in [0.25, 0.3) is 5.56 Å². The monoisotopic (exact) mass is 399 g/mol. The quantitative estimate of drug-likeness (QED) is 0.578. The molecule has 3 rings (SSSR count). The number of fused-ring (bicyclic) bond motifs is 1. The molecule has 128 valence electrons. The fraction of sp³-hybridized carbons (Fsp3) is 0.211. The lowest BCUT2D eigenvalue weighted by atomic mass is 10.1. The number of benzene rings is 1. The molecule has 0 unspecified atom stereocenters. The summed E-state index contributed by atoms with van der Waals surface area (Å²) in [4.78, 5) is 17.6. The van der Waals surface area contributed by atoms with Crippen molar-refractivity contribution in [2.24, 2.45) is 5.10 Å². The minimum Gasteiger partial charge on any atom is -0.465 e. The van der Waals surface area contributed by atoms with Crippen LogP contribution in [-0.2, 0) is 0 Å². The Morgan fingerprint density at radius 1 is 1.40 bits per heavy atom. The second-order valence-electron chi connectivity index (χ2n) is 5.70. The van der Waals surface area contributed by atoms with E-state index in [9.17, 15) is 4.79 Å². The van der Waals surface area contributed by atoms with Crippen molar-refractivity contribution in [3.63, 3.8) is 0 Å². The van der Waals surface area contributed by atoms with Crippen LogP contribution in [0, 0.1) is 0 Å². The van der Waals surface area contributed by atoms with Crippen molar-refractivity contribution in [3.05, 3.63) is 69.1 Å². The highest BCUT2D eigenvalue weighted by molar-refractivity contribution is 9.10. The van der Waals surface area contributed by atoms with Crippen LogP contribution in [0.15, 0.2) is 61.5 Å². The number of rotatable bonds is 5. The zero-order valence-corrected chi connectivity index (χ0v) is 15.6. The molecule has 0 spiro atoms. The van der Waals surface area contributed by atoms with E-state index < -0.39 is 0 Å². The molecule has 0 radical (unpaired) electrons. The Kier molecular flexibility index (Phi) is 5.28. The molecule has 5 nitrogen and oxygen atoms in total. The van der Waals surface area contributed by atoms with Crippen LogP contribution in [0.3, 0.4) is 0 Å². The average molecular weight is 400 g/mol. The highest BCUT2D eigenvalue weighted by atomic mass is 79.9. The van der Waals surface area contributed by atoms with Crippen LogP contribution in [0.1, 0.15) is 37.8 Å². The molecule has 0 fully saturated rings. The first-order valence-corrected chi connectivity index (χ1v) is 8.86. The molecule has 25 heavy (non-hydrogen) atoms. The summed E-state index contributed by atoms with van der Waals surface area (Å²) in [5.41, 5.74) is 0.505. The van der Waals surface area contributed by atoms with Gasteiger partial charge in [0.1, 0.15) is 11.6 Å². The summed E-state index contributed by atoms with van der Waals surface area (Å²) in [6.07, 6.45) is 7.56. The van der Waals surface area contributed by atoms with Crippen LogP contribution in [0.2, 0.25) is 0 Å². The summed E-state index contributed by atoms with van der Waals surface area (Å²) in [6.45, 7) is 4.10. The standard InChI is InChI=1S/C19H18BrN3O2/c1-3-13(2)18-22-17-9-8-14(20)12-16(17)19(24)23(18)21-10-4-6-15-7-5-11-25-15/h4-13H,3H2,1-2H3/b6-4+,21-10?/t13-/m1/s1. The average Bonchev–Trinajstić information content (AvgIpc) is 3.13. The molecule has 0 aliphatic carbocycles. The van der Waals surface area contributed by atoms with Gasteiger partial charge in [0, 0.05) is 16.6 Å². The van der Waals surface area contributed by atoms with E-state index in [4.69, 9.17) is 4.42 Å². The Morgan fingerprint density at radius 3 is 2.96 bits per heavy atom. The van der Waals surface area contributed by atoms with Crippen LogP contribution in [-0.4, -0.2) is 15.9 Å². The van der Waals surface area contributed by atoms with Gasteiger partial charge in [-0.3, -0.25) is 4.79 Å². The molecule has 0 aliphatic heterocycles. The maximum Gasteiger partial charge on any atom is 0.282 e. The topological polar surface area (TPSA) is 60.4 Å². The summed E-state index contributed by atoms with van der Waals surface area (Å²) in [6, 6.07) is 9.16. The highest BCUT2D eigenvalue weighted by Gasteiger charge is 2.15. The molecule has 0 saturated carbocycles. The van der Waals surface area contributed by atoms with Gasteiger partial charge in [-0.25, -0.2) is 4.98 Å². The predicted octanol–water partition coefficient (Wildman–Crippen LogP) is 4.81. The van der Waals surface area contributed by atoms with Gasteiger partial charge in [0.2, 0.25) is 0 Å². The smallest absolute Gasteiger partial charge is 0.282 e. The SMILES string of the molecule is CC[C@@H](C)c1nc2ccc(Br)cc2c(=O)n1N=C/C=C/c1ccco1. The van der Waals surface area contributed by atoms with E-state index in [-0.39, 0.29) is 11.5 Å². The first-order valence-electron chi connectivity index (χ1n) is 8.07. The molecule has 1 atom stereocenters. The Balaban J connectivity index is 2.07. The molecule has 0 bridgehead atoms. The lowest BCUT2D eigenvalue weighted by Gasteiger charge is -2.13. The summed E-state index contributed by atoms with van der Waals surface area (Å²) in [5.74, 6) is 1.50. The molecule has 0 aliphatic rings. The second-order valence-corrected chi connectivity index (χ2v) is 6.61. The first kappa shape index (κ1) is 17.4. The summed E-state index contributed by atoms with van der Waals surface area (Å²) in [7, 11) is 0. The largest absolute Gasteiger partial charge is 0.465 e. The van der Waals surface area contributed by atoms with E-state index in [1.54, 1.807) is 30.7 Å². The van der Waals surface area contributed by atoms with E-state index in [0.29, 0.717) is 16.7 Å². The zero-order valence-electron chi connectivity index (χ0n) is 14.0. The maximum atomic E-state index is 12.9. The highest BCUT2D eigenvalue weighted by Crippen LogP contribution is 2.20. The van der Waals surface area contributed by atoms with Crippen LogP contribution >= 0.6 is 15.9 Å². The Labute approximate surface area is 153 Å². The molecule has 2 aromatic heterocycles. The zero-order chi connectivity index (χ0) is 17.8. The molecule has 0 amide bonds. The van der Waals surface area contributed by atoms with E-state index in [1.165, 1.54) is 4.68 Å². The minimum atomic E-state index is -0.177. The minimum absolute atomic E-state index is 0.118. The molecular weight excluding hydrogens is 382 g/mol. The molecule has 2 heterocycles. The van der Waals surface area contributed by atoms with Crippen molar-refractivity contribution in [1.82, 2.24) is 9.66 Å². The van der Waals surface area contributed by atoms with Crippen LogP contribution in [0.4, 0.5) is 0 Å². The molecule has 6 heteroatoms. The van der Waals surface area contributed by atoms with Gasteiger partial charge >= 0.3 is 0 Å². The van der Waals surface area contributed by atoms with Gasteiger partial charge in [0.15, 0.2) is 0 Å². The fourth-order valence-corrected chi connectivity index (χ4v) is 2.77. The van der Waals surface area contributed by atoms with Crippen molar-refractivity contribution >= 4 is 39.1 Å². The third-order valence-electron chi connectivity index (χ3n) is 3.96. The second kappa shape index (κ2) is 7.61. The number of aromatic nitrogens is 2. The number of furan rings is 1. The van der Waals surface area contributed by atoms with Crippen molar-refractivity contribution in [1.29, 1.82) is 0 Å². The number of hydrogen-bond donors (Lipinski definition) is 0. The number of nitrogens with zero attached hydrogens (tertiary/aromatic N) is 3. The van der Waals surface area contributed by atoms with Gasteiger partial charge in [-0.05, 0) is 48.9 Å². The third kappa shape index (κ3) is 3.79. The summed E-state index contributed by atoms with van der Waals surface area (Å²) >= 11 is 3.40. The van der Waals surface area contributed by atoms with Crippen LogP contribution in [0.25, 0.3) is 17.0 Å². The van der Waals surface area contributed by atoms with Crippen molar-refractivity contribution in [3.8, 4) is 0 Å². The van der Waals surface area contributed by atoms with Crippen LogP contribution < -0.4 is 5.56 Å². The molecule has 1 aromatic carbocycles. The van der Waals surface area contributed by atoms with Gasteiger partial charge in [-0.1, -0.05) is 29.8 Å². The molecule has 3 aromatic rings. The molecule has 0 saturated heterocycles. The van der Waals surface area contributed by atoms with Crippen LogP contribution in [0.5, 0.6) is 0 Å². The maximum absolute atomic E-state index is 12.9. The van der Waals surface area contributed by atoms with E-state index >= 15 is 0 Å². The predicted molar refractivity (Wildman–Crippen MR) is 104 cm³/mol. The lowest BCUT2D eigenvalue weighted by Crippen LogP contribution is -2.23. The van der Waals surface area contributed by atoms with E-state index in [0.717, 1.165) is 16.7 Å². The first-order chi connectivity index (χ1) is 12.1. The fourth-order valence-electron chi connectivity index (χ4n) is 2.41. The Morgan fingerprint density at radius 2 is 2.24 bits per heavy atom. The van der Waals surface area contributed by atoms with Gasteiger partial charge in [0.05, 0.1) is 17.2 Å². The number of halogens is 1. The molecular formula is C19H18BrN3O2. The third-order valence-corrected chi connectivity index (χ3v) is 4.45. The van der Waals surface area contributed by atoms with E-state index in [1.807, 2.05) is 31.2 Å². The van der Waals surface area contributed by atoms with Gasteiger partial charge in [-0.2, -0.15) is 9.78 Å². The lowest BCUT2D eigenvalue weighted by molar-refractivity contribution is 0.557. The van der Waals surface area contributed by atoms with Crippen molar-refractivity contribution in [2.45, 2.75) is 26.2 Å². The summed E-state index contributed by atoms with van der Waals surface area (Å²) in [5, 5.41) is 4.86. The normalized spacial score (nSPS) is 13.2. The summed E-state index contributed by atoms with van der Waals surface area (Å²) < 4.78 is 7.45. The Hall–Kier alpha value is -2.47. The van der Waals surface area contributed by atoms with Gasteiger partial charge < -0.3 is 4.42 Å². The van der Waals surface area contributed by atoms with Crippen molar-refractivity contribution < 1.29 is 4.42 Å². The van der Waals surface area contributed by atoms with E-state index in [2.05, 4.69) is 32.9 Å². The molecule has 0 N–H and O–H groups in total. The van der Waals surface area contributed by atoms with Crippen molar-refractivity contribution in [2.75, 3.05) is 0 Å². The Bertz CT molecular complexity index is 988.